The number of rotatable bonds is 6. The predicted octanol–water partition coefficient (Wildman–Crippen LogP) is 1.40. The third-order valence-electron chi connectivity index (χ3n) is 2.18. The zero-order valence-electron chi connectivity index (χ0n) is 9.37. The molecule has 1 atom stereocenters. The number of ketones is 1. The van der Waals surface area contributed by atoms with Crippen molar-refractivity contribution in [3.8, 4) is 0 Å². The molecule has 0 aliphatic carbocycles. The fourth-order valence-corrected chi connectivity index (χ4v) is 1.27. The highest BCUT2D eigenvalue weighted by Crippen LogP contribution is 2.11. The van der Waals surface area contributed by atoms with E-state index in [0.717, 1.165) is 11.5 Å². The molecule has 0 saturated carbocycles. The van der Waals surface area contributed by atoms with Gasteiger partial charge < -0.3 is 0 Å². The largest absolute Gasteiger partial charge is 0.299 e. The van der Waals surface area contributed by atoms with Crippen molar-refractivity contribution in [2.75, 3.05) is 14.2 Å². The third-order valence-corrected chi connectivity index (χ3v) is 2.18. The summed E-state index contributed by atoms with van der Waals surface area (Å²) in [5.74, 6) is -0.794. The molecule has 0 N–H and O–H groups in total. The lowest BCUT2D eigenvalue weighted by Gasteiger charge is -2.19. The molecular weight excluding hydrogens is 182 g/mol. The molecule has 0 aliphatic heterocycles. The third kappa shape index (κ3) is 3.46. The van der Waals surface area contributed by atoms with Crippen LogP contribution in [0.4, 0.5) is 0 Å². The highest BCUT2D eigenvalue weighted by molar-refractivity contribution is 6.00. The first kappa shape index (κ1) is 13.1. The molecule has 14 heavy (non-hydrogen) atoms. The van der Waals surface area contributed by atoms with Crippen molar-refractivity contribution in [1.29, 1.82) is 0 Å². The summed E-state index contributed by atoms with van der Waals surface area (Å²) in [5.41, 5.74) is 0. The van der Waals surface area contributed by atoms with Crippen molar-refractivity contribution in [1.82, 2.24) is 5.06 Å². The molecule has 0 spiro atoms. The van der Waals surface area contributed by atoms with Crippen LogP contribution in [0.3, 0.4) is 0 Å². The second-order valence-corrected chi connectivity index (χ2v) is 3.20. The van der Waals surface area contributed by atoms with Crippen LogP contribution in [0.2, 0.25) is 0 Å². The van der Waals surface area contributed by atoms with Crippen molar-refractivity contribution in [2.45, 2.75) is 33.1 Å². The number of nitrogens with zero attached hydrogens (tertiary/aromatic N) is 1. The Hall–Kier alpha value is -0.900. The van der Waals surface area contributed by atoms with E-state index < -0.39 is 5.92 Å². The molecule has 4 nitrogen and oxygen atoms in total. The first-order valence-corrected chi connectivity index (χ1v) is 4.92. The molecule has 0 bridgehead atoms. The monoisotopic (exact) mass is 201 g/mol. The number of hydroxylamine groups is 2. The lowest BCUT2D eigenvalue weighted by Crippen LogP contribution is -2.35. The number of carbonyl (C=O) groups is 2. The van der Waals surface area contributed by atoms with Crippen LogP contribution in [0, 0.1) is 5.92 Å². The minimum Gasteiger partial charge on any atom is -0.299 e. The van der Waals surface area contributed by atoms with Crippen LogP contribution in [-0.4, -0.2) is 30.9 Å². The number of Topliss-reactive ketones (excluding diaryl/α,β-unsaturated/α-hetero) is 1. The minimum absolute atomic E-state index is 0.00361. The van der Waals surface area contributed by atoms with Gasteiger partial charge in [0, 0.05) is 13.5 Å². The summed E-state index contributed by atoms with van der Waals surface area (Å²) in [6.07, 6.45) is 1.77. The van der Waals surface area contributed by atoms with Crippen LogP contribution in [0.15, 0.2) is 0 Å². The van der Waals surface area contributed by atoms with Crippen LogP contribution >= 0.6 is 0 Å². The highest BCUT2D eigenvalue weighted by atomic mass is 16.7. The first-order valence-electron chi connectivity index (χ1n) is 4.92. The molecule has 82 valence electrons. The summed E-state index contributed by atoms with van der Waals surface area (Å²) < 4.78 is 0. The predicted molar refractivity (Wildman–Crippen MR) is 53.5 cm³/mol. The average molecular weight is 201 g/mol. The van der Waals surface area contributed by atoms with Gasteiger partial charge in [-0.05, 0) is 12.8 Å². The Bertz CT molecular complexity index is 204. The van der Waals surface area contributed by atoms with E-state index in [9.17, 15) is 9.59 Å². The molecule has 4 heteroatoms. The Balaban J connectivity index is 4.39. The maximum atomic E-state index is 11.6. The maximum absolute atomic E-state index is 11.6. The van der Waals surface area contributed by atoms with E-state index in [4.69, 9.17) is 4.84 Å². The van der Waals surface area contributed by atoms with Gasteiger partial charge in [0.05, 0.1) is 13.0 Å². The topological polar surface area (TPSA) is 46.6 Å². The number of amides is 1. The van der Waals surface area contributed by atoms with Gasteiger partial charge in [-0.3, -0.25) is 14.4 Å². The fourth-order valence-electron chi connectivity index (χ4n) is 1.27. The molecule has 0 aliphatic rings. The molecule has 0 aromatic rings. The number of hydrogen-bond acceptors (Lipinski definition) is 3. The van der Waals surface area contributed by atoms with Crippen LogP contribution in [0.5, 0.6) is 0 Å². The summed E-state index contributed by atoms with van der Waals surface area (Å²) in [5, 5.41) is 1.11. The van der Waals surface area contributed by atoms with Gasteiger partial charge >= 0.3 is 0 Å². The van der Waals surface area contributed by atoms with Crippen molar-refractivity contribution in [3.05, 3.63) is 0 Å². The Kier molecular flexibility index (Phi) is 6.12. The van der Waals surface area contributed by atoms with Gasteiger partial charge in [-0.2, -0.15) is 0 Å². The van der Waals surface area contributed by atoms with Crippen LogP contribution in [0.1, 0.15) is 33.1 Å². The summed E-state index contributed by atoms with van der Waals surface area (Å²) in [4.78, 5) is 27.9. The molecule has 0 rings (SSSR count). The molecule has 0 unspecified atom stereocenters. The Labute approximate surface area is 85.2 Å². The van der Waals surface area contributed by atoms with Gasteiger partial charge in [0.1, 0.15) is 5.78 Å². The second kappa shape index (κ2) is 6.54. The van der Waals surface area contributed by atoms with Crippen molar-refractivity contribution in [2.24, 2.45) is 5.92 Å². The van der Waals surface area contributed by atoms with E-state index in [1.54, 1.807) is 0 Å². The Morgan fingerprint density at radius 1 is 1.36 bits per heavy atom. The van der Waals surface area contributed by atoms with Crippen LogP contribution < -0.4 is 0 Å². The minimum atomic E-state index is -0.542. The summed E-state index contributed by atoms with van der Waals surface area (Å²) in [6.45, 7) is 3.76. The molecule has 0 saturated heterocycles. The zero-order valence-corrected chi connectivity index (χ0v) is 9.37. The summed E-state index contributed by atoms with van der Waals surface area (Å²) in [7, 11) is 2.93. The second-order valence-electron chi connectivity index (χ2n) is 3.20. The molecule has 0 aromatic heterocycles. The molecule has 0 radical (unpaired) electrons. The summed E-state index contributed by atoms with van der Waals surface area (Å²) >= 11 is 0. The van der Waals surface area contributed by atoms with E-state index in [0.29, 0.717) is 12.8 Å². The fraction of sp³-hybridized carbons (Fsp3) is 0.800. The molecule has 0 aromatic carbocycles. The molecule has 0 fully saturated rings. The molecule has 0 heterocycles. The normalized spacial score (nSPS) is 12.3. The Morgan fingerprint density at radius 3 is 2.29 bits per heavy atom. The quantitative estimate of drug-likeness (QED) is 0.482. The van der Waals surface area contributed by atoms with Crippen LogP contribution in [-0.2, 0) is 14.4 Å². The maximum Gasteiger partial charge on any atom is 0.256 e. The van der Waals surface area contributed by atoms with Gasteiger partial charge in [-0.15, -0.1) is 0 Å². The molecule has 1 amide bonds. The highest BCUT2D eigenvalue weighted by Gasteiger charge is 2.26. The summed E-state index contributed by atoms with van der Waals surface area (Å²) in [6, 6.07) is 0. The van der Waals surface area contributed by atoms with E-state index >= 15 is 0 Å². The van der Waals surface area contributed by atoms with E-state index in [1.165, 1.54) is 14.2 Å². The van der Waals surface area contributed by atoms with E-state index in [1.807, 2.05) is 13.8 Å². The van der Waals surface area contributed by atoms with Gasteiger partial charge in [0.15, 0.2) is 0 Å². The average Bonchev–Trinajstić information content (AvgIpc) is 2.18. The van der Waals surface area contributed by atoms with Gasteiger partial charge in [-0.1, -0.05) is 13.8 Å². The zero-order chi connectivity index (χ0) is 11.1. The van der Waals surface area contributed by atoms with Gasteiger partial charge in [0.25, 0.3) is 5.91 Å². The molecular formula is C10H19NO3. The number of carbonyl (C=O) groups excluding carboxylic acids is 2. The van der Waals surface area contributed by atoms with Crippen molar-refractivity contribution >= 4 is 11.7 Å². The van der Waals surface area contributed by atoms with Gasteiger partial charge in [-0.25, -0.2) is 5.06 Å². The standard InChI is InChI=1S/C10H19NO3/c1-5-7-9(12)8(6-2)10(13)11(3)14-4/h8H,5-7H2,1-4H3/t8-/m0/s1. The van der Waals surface area contributed by atoms with E-state index in [-0.39, 0.29) is 11.7 Å². The van der Waals surface area contributed by atoms with Crippen LogP contribution in [0.25, 0.3) is 0 Å². The smallest absolute Gasteiger partial charge is 0.256 e. The first-order chi connectivity index (χ1) is 6.58. The van der Waals surface area contributed by atoms with Gasteiger partial charge in [0.2, 0.25) is 0 Å². The SMILES string of the molecule is CCCC(=O)[C@H](CC)C(=O)N(C)OC. The van der Waals surface area contributed by atoms with Crippen molar-refractivity contribution < 1.29 is 14.4 Å². The van der Waals surface area contributed by atoms with E-state index in [2.05, 4.69) is 0 Å². The lowest BCUT2D eigenvalue weighted by molar-refractivity contribution is -0.174. The Morgan fingerprint density at radius 2 is 1.93 bits per heavy atom. The number of hydrogen-bond donors (Lipinski definition) is 0. The van der Waals surface area contributed by atoms with Crippen molar-refractivity contribution in [3.63, 3.8) is 0 Å². The lowest BCUT2D eigenvalue weighted by atomic mass is 9.97.